The first kappa shape index (κ1) is 14.8. The van der Waals surface area contributed by atoms with Crippen LogP contribution in [0.5, 0.6) is 0 Å². The van der Waals surface area contributed by atoms with Gasteiger partial charge in [0.2, 0.25) is 0 Å². The molecule has 0 spiro atoms. The lowest BCUT2D eigenvalue weighted by atomic mass is 10.0. The first-order chi connectivity index (χ1) is 9.11. The van der Waals surface area contributed by atoms with Gasteiger partial charge in [-0.25, -0.2) is 0 Å². The lowest BCUT2D eigenvalue weighted by Gasteiger charge is -2.37. The predicted octanol–water partition coefficient (Wildman–Crippen LogP) is 2.48. The SMILES string of the molecule is CN1CCC(N(C)c2cc(Br)ccc2CCN)CC1. The lowest BCUT2D eigenvalue weighted by Crippen LogP contribution is -2.42. The molecular weight excluding hydrogens is 302 g/mol. The van der Waals surface area contributed by atoms with Crippen molar-refractivity contribution in [2.24, 2.45) is 5.73 Å². The minimum absolute atomic E-state index is 0.641. The van der Waals surface area contributed by atoms with Crippen molar-refractivity contribution < 1.29 is 0 Å². The van der Waals surface area contributed by atoms with E-state index in [1.165, 1.54) is 37.2 Å². The Labute approximate surface area is 124 Å². The van der Waals surface area contributed by atoms with Crippen LogP contribution in [0.2, 0.25) is 0 Å². The molecule has 0 radical (unpaired) electrons. The fourth-order valence-corrected chi connectivity index (χ4v) is 3.16. The van der Waals surface area contributed by atoms with E-state index in [9.17, 15) is 0 Å². The molecular formula is C15H24BrN3. The Kier molecular flexibility index (Phi) is 5.25. The summed E-state index contributed by atoms with van der Waals surface area (Å²) in [5.74, 6) is 0. The van der Waals surface area contributed by atoms with E-state index in [2.05, 4.69) is 58.0 Å². The standard InChI is InChI=1S/C15H24BrN3/c1-18-9-6-14(7-10-18)19(2)15-11-13(16)4-3-12(15)5-8-17/h3-4,11,14H,5-10,17H2,1-2H3. The summed E-state index contributed by atoms with van der Waals surface area (Å²) in [5.41, 5.74) is 8.41. The summed E-state index contributed by atoms with van der Waals surface area (Å²) >= 11 is 3.58. The Morgan fingerprint density at radius 1 is 1.37 bits per heavy atom. The fourth-order valence-electron chi connectivity index (χ4n) is 2.81. The monoisotopic (exact) mass is 325 g/mol. The quantitative estimate of drug-likeness (QED) is 0.923. The molecule has 106 valence electrons. The summed E-state index contributed by atoms with van der Waals surface area (Å²) in [4.78, 5) is 4.86. The Morgan fingerprint density at radius 2 is 2.05 bits per heavy atom. The molecule has 1 aliphatic rings. The molecule has 0 bridgehead atoms. The molecule has 3 nitrogen and oxygen atoms in total. The summed E-state index contributed by atoms with van der Waals surface area (Å²) in [6.45, 7) is 3.08. The van der Waals surface area contributed by atoms with E-state index in [-0.39, 0.29) is 0 Å². The highest BCUT2D eigenvalue weighted by atomic mass is 79.9. The number of hydrogen-bond donors (Lipinski definition) is 1. The molecule has 0 unspecified atom stereocenters. The second-order valence-electron chi connectivity index (χ2n) is 5.46. The van der Waals surface area contributed by atoms with E-state index in [1.807, 2.05) is 0 Å². The minimum Gasteiger partial charge on any atom is -0.371 e. The van der Waals surface area contributed by atoms with E-state index in [1.54, 1.807) is 0 Å². The molecule has 1 heterocycles. The molecule has 4 heteroatoms. The third-order valence-corrected chi connectivity index (χ3v) is 4.57. The fraction of sp³-hybridized carbons (Fsp3) is 0.600. The Balaban J connectivity index is 2.17. The van der Waals surface area contributed by atoms with Crippen molar-refractivity contribution in [2.45, 2.75) is 25.3 Å². The van der Waals surface area contributed by atoms with Crippen LogP contribution >= 0.6 is 15.9 Å². The van der Waals surface area contributed by atoms with Gasteiger partial charge in [-0.2, -0.15) is 0 Å². The smallest absolute Gasteiger partial charge is 0.0410 e. The summed E-state index contributed by atoms with van der Waals surface area (Å²) in [6.07, 6.45) is 3.42. The summed E-state index contributed by atoms with van der Waals surface area (Å²) in [5, 5.41) is 0. The third-order valence-electron chi connectivity index (χ3n) is 4.08. The summed E-state index contributed by atoms with van der Waals surface area (Å²) in [6, 6.07) is 7.17. The number of nitrogens with two attached hydrogens (primary N) is 1. The van der Waals surface area contributed by atoms with Gasteiger partial charge in [-0.1, -0.05) is 22.0 Å². The molecule has 1 saturated heterocycles. The van der Waals surface area contributed by atoms with Crippen LogP contribution in [-0.4, -0.2) is 44.7 Å². The van der Waals surface area contributed by atoms with E-state index < -0.39 is 0 Å². The molecule has 0 saturated carbocycles. The van der Waals surface area contributed by atoms with Gasteiger partial charge in [0, 0.05) is 23.2 Å². The maximum atomic E-state index is 5.73. The van der Waals surface area contributed by atoms with Gasteiger partial charge in [0.25, 0.3) is 0 Å². The lowest BCUT2D eigenvalue weighted by molar-refractivity contribution is 0.252. The second-order valence-corrected chi connectivity index (χ2v) is 6.37. The van der Waals surface area contributed by atoms with Crippen LogP contribution in [-0.2, 0) is 6.42 Å². The van der Waals surface area contributed by atoms with Crippen molar-refractivity contribution in [3.63, 3.8) is 0 Å². The zero-order valence-corrected chi connectivity index (χ0v) is 13.5. The Hall–Kier alpha value is -0.580. The molecule has 0 amide bonds. The third kappa shape index (κ3) is 3.71. The van der Waals surface area contributed by atoms with Crippen molar-refractivity contribution in [3.8, 4) is 0 Å². The molecule has 1 fully saturated rings. The first-order valence-corrected chi connectivity index (χ1v) is 7.81. The van der Waals surface area contributed by atoms with Gasteiger partial charge in [0.05, 0.1) is 0 Å². The number of rotatable bonds is 4. The van der Waals surface area contributed by atoms with Crippen LogP contribution < -0.4 is 10.6 Å². The summed E-state index contributed by atoms with van der Waals surface area (Å²) in [7, 11) is 4.42. The van der Waals surface area contributed by atoms with Gasteiger partial charge in [0.15, 0.2) is 0 Å². The van der Waals surface area contributed by atoms with E-state index >= 15 is 0 Å². The highest BCUT2D eigenvalue weighted by molar-refractivity contribution is 9.10. The van der Waals surface area contributed by atoms with Gasteiger partial charge >= 0.3 is 0 Å². The molecule has 1 aromatic carbocycles. The van der Waals surface area contributed by atoms with Gasteiger partial charge < -0.3 is 15.5 Å². The van der Waals surface area contributed by atoms with Gasteiger partial charge in [-0.05, 0) is 63.6 Å². The zero-order chi connectivity index (χ0) is 13.8. The second kappa shape index (κ2) is 6.73. The van der Waals surface area contributed by atoms with Crippen molar-refractivity contribution >= 4 is 21.6 Å². The van der Waals surface area contributed by atoms with Crippen molar-refractivity contribution in [1.82, 2.24) is 4.90 Å². The van der Waals surface area contributed by atoms with Crippen LogP contribution in [0.4, 0.5) is 5.69 Å². The Morgan fingerprint density at radius 3 is 2.68 bits per heavy atom. The predicted molar refractivity (Wildman–Crippen MR) is 85.8 cm³/mol. The zero-order valence-electron chi connectivity index (χ0n) is 11.9. The average Bonchev–Trinajstić information content (AvgIpc) is 2.41. The number of likely N-dealkylation sites (tertiary alicyclic amines) is 1. The van der Waals surface area contributed by atoms with E-state index in [0.29, 0.717) is 12.6 Å². The molecule has 0 aromatic heterocycles. The number of benzene rings is 1. The van der Waals surface area contributed by atoms with Crippen LogP contribution in [0, 0.1) is 0 Å². The van der Waals surface area contributed by atoms with Gasteiger partial charge in [-0.15, -0.1) is 0 Å². The molecule has 0 atom stereocenters. The van der Waals surface area contributed by atoms with Crippen molar-refractivity contribution in [3.05, 3.63) is 28.2 Å². The molecule has 1 aromatic rings. The highest BCUT2D eigenvalue weighted by Gasteiger charge is 2.22. The van der Waals surface area contributed by atoms with Gasteiger partial charge in [0.1, 0.15) is 0 Å². The van der Waals surface area contributed by atoms with Crippen LogP contribution in [0.1, 0.15) is 18.4 Å². The van der Waals surface area contributed by atoms with Gasteiger partial charge in [-0.3, -0.25) is 0 Å². The Bertz CT molecular complexity index is 414. The molecule has 2 N–H and O–H groups in total. The minimum atomic E-state index is 0.641. The summed E-state index contributed by atoms with van der Waals surface area (Å²) < 4.78 is 1.14. The molecule has 2 rings (SSSR count). The maximum absolute atomic E-state index is 5.73. The topological polar surface area (TPSA) is 32.5 Å². The first-order valence-electron chi connectivity index (χ1n) is 7.01. The average molecular weight is 326 g/mol. The molecule has 1 aliphatic heterocycles. The van der Waals surface area contributed by atoms with E-state index in [0.717, 1.165) is 10.9 Å². The van der Waals surface area contributed by atoms with Crippen LogP contribution in [0.3, 0.4) is 0 Å². The highest BCUT2D eigenvalue weighted by Crippen LogP contribution is 2.28. The molecule has 0 aliphatic carbocycles. The number of halogens is 1. The van der Waals surface area contributed by atoms with Crippen molar-refractivity contribution in [1.29, 1.82) is 0 Å². The van der Waals surface area contributed by atoms with Crippen LogP contribution in [0.15, 0.2) is 22.7 Å². The van der Waals surface area contributed by atoms with E-state index in [4.69, 9.17) is 5.73 Å². The number of nitrogens with zero attached hydrogens (tertiary/aromatic N) is 2. The van der Waals surface area contributed by atoms with Crippen LogP contribution in [0.25, 0.3) is 0 Å². The maximum Gasteiger partial charge on any atom is 0.0410 e. The number of hydrogen-bond acceptors (Lipinski definition) is 3. The largest absolute Gasteiger partial charge is 0.371 e. The number of anilines is 1. The van der Waals surface area contributed by atoms with Crippen molar-refractivity contribution in [2.75, 3.05) is 38.6 Å². The normalized spacial score (nSPS) is 17.7. The number of piperidine rings is 1. The molecule has 19 heavy (non-hydrogen) atoms.